The normalized spacial score (nSPS) is 15.8. The lowest BCUT2D eigenvalue weighted by Gasteiger charge is -2.19. The summed E-state index contributed by atoms with van der Waals surface area (Å²) in [6.45, 7) is 2.94. The number of nitriles is 1. The molecule has 1 fully saturated rings. The quantitative estimate of drug-likeness (QED) is 0.515. The molecule has 0 saturated carbocycles. The molecule has 1 atom stereocenters. The van der Waals surface area contributed by atoms with Gasteiger partial charge in [-0.15, -0.1) is 0 Å². The van der Waals surface area contributed by atoms with E-state index >= 15 is 0 Å². The number of rotatable bonds is 7. The predicted octanol–water partition coefficient (Wildman–Crippen LogP) is 1.31. The number of carbonyl (C=O) groups excluding carboxylic acids is 1. The number of aliphatic hydroxyl groups excluding tert-OH is 1. The Labute approximate surface area is 169 Å². The Hall–Kier alpha value is -3.38. The van der Waals surface area contributed by atoms with E-state index in [0.717, 1.165) is 37.3 Å². The zero-order valence-electron chi connectivity index (χ0n) is 16.4. The Morgan fingerprint density at radius 3 is 2.93 bits per heavy atom. The first kappa shape index (κ1) is 20.4. The van der Waals surface area contributed by atoms with Crippen LogP contribution in [0, 0.1) is 11.3 Å². The molecule has 0 radical (unpaired) electrons. The number of nitrogens with one attached hydrogen (secondary N) is 2. The highest BCUT2D eigenvalue weighted by Crippen LogP contribution is 2.24. The molecule has 2 heterocycles. The molecule has 0 aliphatic carbocycles. The molecular weight excluding hydrogens is 370 g/mol. The number of nitrogens with two attached hydrogens (primary N) is 1. The number of hydrogen-bond donors (Lipinski definition) is 4. The van der Waals surface area contributed by atoms with Crippen molar-refractivity contribution < 1.29 is 9.90 Å². The molecule has 1 amide bonds. The molecule has 0 unspecified atom stereocenters. The van der Waals surface area contributed by atoms with Gasteiger partial charge >= 0.3 is 0 Å². The maximum Gasteiger partial charge on any atom is 0.245 e. The van der Waals surface area contributed by atoms with Gasteiger partial charge in [-0.25, -0.2) is 4.98 Å². The third-order valence-electron chi connectivity index (χ3n) is 4.63. The summed E-state index contributed by atoms with van der Waals surface area (Å²) in [4.78, 5) is 22.7. The van der Waals surface area contributed by atoms with Crippen LogP contribution in [0.3, 0.4) is 0 Å². The smallest absolute Gasteiger partial charge is 0.245 e. The van der Waals surface area contributed by atoms with Crippen LogP contribution in [-0.2, 0) is 11.2 Å². The average molecular weight is 395 g/mol. The van der Waals surface area contributed by atoms with E-state index in [2.05, 4.69) is 38.5 Å². The van der Waals surface area contributed by atoms with Gasteiger partial charge in [-0.1, -0.05) is 13.3 Å². The second-order valence-corrected chi connectivity index (χ2v) is 7.03. The second-order valence-electron chi connectivity index (χ2n) is 7.03. The Bertz CT molecular complexity index is 926. The molecule has 152 valence electrons. The summed E-state index contributed by atoms with van der Waals surface area (Å²) in [6.07, 6.45) is 2.54. The highest BCUT2D eigenvalue weighted by Gasteiger charge is 2.25. The van der Waals surface area contributed by atoms with Gasteiger partial charge in [0.05, 0.1) is 11.6 Å². The minimum absolute atomic E-state index is 0.0252. The molecule has 1 aliphatic rings. The predicted molar refractivity (Wildman–Crippen MR) is 111 cm³/mol. The maximum atomic E-state index is 11.4. The van der Waals surface area contributed by atoms with Crippen LogP contribution in [-0.4, -0.2) is 46.7 Å². The van der Waals surface area contributed by atoms with Gasteiger partial charge in [0.2, 0.25) is 11.9 Å². The van der Waals surface area contributed by atoms with Crippen LogP contribution < -0.4 is 21.3 Å². The van der Waals surface area contributed by atoms with Crippen molar-refractivity contribution in [3.05, 3.63) is 35.5 Å². The second kappa shape index (κ2) is 9.21. The monoisotopic (exact) mass is 395 g/mol. The van der Waals surface area contributed by atoms with E-state index in [0.29, 0.717) is 29.4 Å². The van der Waals surface area contributed by atoms with Gasteiger partial charge in [0.25, 0.3) is 0 Å². The molecule has 1 aromatic heterocycles. The van der Waals surface area contributed by atoms with Gasteiger partial charge in [0, 0.05) is 42.3 Å². The van der Waals surface area contributed by atoms with Crippen LogP contribution >= 0.6 is 0 Å². The van der Waals surface area contributed by atoms with Crippen molar-refractivity contribution in [3.8, 4) is 6.07 Å². The fourth-order valence-corrected chi connectivity index (χ4v) is 3.36. The van der Waals surface area contributed by atoms with Crippen LogP contribution in [0.5, 0.6) is 0 Å². The Morgan fingerprint density at radius 1 is 1.38 bits per heavy atom. The first-order valence-corrected chi connectivity index (χ1v) is 9.61. The van der Waals surface area contributed by atoms with E-state index < -0.39 is 6.61 Å². The largest absolute Gasteiger partial charge is 0.399 e. The van der Waals surface area contributed by atoms with Crippen molar-refractivity contribution >= 4 is 29.0 Å². The number of aromatic nitrogens is 2. The minimum Gasteiger partial charge on any atom is -0.399 e. The van der Waals surface area contributed by atoms with Crippen LogP contribution in [0.15, 0.2) is 24.3 Å². The summed E-state index contributed by atoms with van der Waals surface area (Å²) in [7, 11) is 0. The van der Waals surface area contributed by atoms with Crippen molar-refractivity contribution in [1.29, 1.82) is 5.26 Å². The van der Waals surface area contributed by atoms with E-state index in [4.69, 9.17) is 16.1 Å². The Morgan fingerprint density at radius 2 is 2.21 bits per heavy atom. The summed E-state index contributed by atoms with van der Waals surface area (Å²) in [6, 6.07) is 9.06. The van der Waals surface area contributed by atoms with Crippen molar-refractivity contribution in [1.82, 2.24) is 15.3 Å². The van der Waals surface area contributed by atoms with Gasteiger partial charge in [0.1, 0.15) is 12.4 Å². The van der Waals surface area contributed by atoms with Crippen molar-refractivity contribution in [3.63, 3.8) is 0 Å². The first-order valence-electron chi connectivity index (χ1n) is 9.61. The topological polar surface area (TPSA) is 140 Å². The van der Waals surface area contributed by atoms with E-state index in [-0.39, 0.29) is 11.9 Å². The Balaban J connectivity index is 1.82. The SMILES string of the molecule is CCCc1cc(N2CC[C@H](NC(=O)CO)C2)nc(Nc2cc(N)cc(C#N)c2)n1. The number of amides is 1. The Kier molecular flexibility index (Phi) is 6.46. The van der Waals surface area contributed by atoms with Gasteiger partial charge < -0.3 is 26.4 Å². The lowest BCUT2D eigenvalue weighted by atomic mass is 10.2. The van der Waals surface area contributed by atoms with Gasteiger partial charge in [0.15, 0.2) is 0 Å². The number of anilines is 4. The standard InChI is InChI=1S/C20H25N7O2/c1-2-3-15-9-18(27-5-4-16(11-27)23-19(29)12-28)26-20(24-15)25-17-7-13(10-21)6-14(22)8-17/h6-9,16,28H,2-5,11-12,22H2,1H3,(H,23,29)(H,24,25,26)/t16-/m0/s1. The number of nitrogen functional groups attached to an aromatic ring is 1. The minimum atomic E-state index is -0.510. The number of aliphatic hydroxyl groups is 1. The first-order chi connectivity index (χ1) is 14.0. The third kappa shape index (κ3) is 5.33. The fourth-order valence-electron chi connectivity index (χ4n) is 3.36. The zero-order valence-corrected chi connectivity index (χ0v) is 16.4. The summed E-state index contributed by atoms with van der Waals surface area (Å²) in [5.41, 5.74) is 8.37. The molecule has 3 rings (SSSR count). The summed E-state index contributed by atoms with van der Waals surface area (Å²) in [5, 5.41) is 24.0. The molecule has 0 bridgehead atoms. The summed E-state index contributed by atoms with van der Waals surface area (Å²) < 4.78 is 0. The molecule has 5 N–H and O–H groups in total. The van der Waals surface area contributed by atoms with E-state index in [1.807, 2.05) is 6.07 Å². The van der Waals surface area contributed by atoms with Crippen LogP contribution in [0.1, 0.15) is 31.0 Å². The van der Waals surface area contributed by atoms with Crippen molar-refractivity contribution in [2.45, 2.75) is 32.2 Å². The number of carbonyl (C=O) groups is 1. The number of benzene rings is 1. The highest BCUT2D eigenvalue weighted by atomic mass is 16.3. The zero-order chi connectivity index (χ0) is 20.8. The van der Waals surface area contributed by atoms with Gasteiger partial charge in [-0.3, -0.25) is 4.79 Å². The third-order valence-corrected chi connectivity index (χ3v) is 4.63. The molecular formula is C20H25N7O2. The molecule has 1 aliphatic heterocycles. The molecule has 29 heavy (non-hydrogen) atoms. The summed E-state index contributed by atoms with van der Waals surface area (Å²) >= 11 is 0. The number of aryl methyl sites for hydroxylation is 1. The maximum absolute atomic E-state index is 11.4. The molecule has 9 nitrogen and oxygen atoms in total. The number of hydrogen-bond acceptors (Lipinski definition) is 8. The average Bonchev–Trinajstić information content (AvgIpc) is 3.16. The van der Waals surface area contributed by atoms with Crippen molar-refractivity contribution in [2.75, 3.05) is 35.6 Å². The van der Waals surface area contributed by atoms with Crippen LogP contribution in [0.25, 0.3) is 0 Å². The van der Waals surface area contributed by atoms with Gasteiger partial charge in [-0.05, 0) is 31.0 Å². The van der Waals surface area contributed by atoms with Crippen LogP contribution in [0.2, 0.25) is 0 Å². The molecule has 0 spiro atoms. The lowest BCUT2D eigenvalue weighted by Crippen LogP contribution is -2.38. The molecule has 2 aromatic rings. The molecule has 1 aromatic carbocycles. The van der Waals surface area contributed by atoms with E-state index in [1.54, 1.807) is 18.2 Å². The van der Waals surface area contributed by atoms with Crippen molar-refractivity contribution in [2.24, 2.45) is 0 Å². The van der Waals surface area contributed by atoms with E-state index in [1.165, 1.54) is 0 Å². The van der Waals surface area contributed by atoms with Crippen LogP contribution in [0.4, 0.5) is 23.1 Å². The highest BCUT2D eigenvalue weighted by molar-refractivity contribution is 5.77. The summed E-state index contributed by atoms with van der Waals surface area (Å²) in [5.74, 6) is 0.836. The lowest BCUT2D eigenvalue weighted by molar-refractivity contribution is -0.124. The fraction of sp³-hybridized carbons (Fsp3) is 0.400. The molecule has 1 saturated heterocycles. The van der Waals surface area contributed by atoms with E-state index in [9.17, 15) is 4.79 Å². The molecule has 9 heteroatoms. The van der Waals surface area contributed by atoms with Gasteiger partial charge in [-0.2, -0.15) is 10.2 Å². The number of nitrogens with zero attached hydrogens (tertiary/aromatic N) is 4.